The quantitative estimate of drug-likeness (QED) is 0.846. The number of carbonyl (C=O) groups excluding carboxylic acids is 2. The molecule has 6 nitrogen and oxygen atoms in total. The van der Waals surface area contributed by atoms with E-state index >= 15 is 0 Å². The number of sulfonamides is 1. The number of carbonyl (C=O) groups is 2. The van der Waals surface area contributed by atoms with Crippen molar-refractivity contribution in [3.63, 3.8) is 0 Å². The molecular formula is C17H22N2O4S2. The van der Waals surface area contributed by atoms with Crippen LogP contribution in [0.25, 0.3) is 0 Å². The molecule has 0 radical (unpaired) electrons. The van der Waals surface area contributed by atoms with E-state index in [2.05, 4.69) is 4.72 Å². The topological polar surface area (TPSA) is 83.6 Å². The van der Waals surface area contributed by atoms with Gasteiger partial charge in [0.05, 0.1) is 16.7 Å². The zero-order valence-corrected chi connectivity index (χ0v) is 15.7. The van der Waals surface area contributed by atoms with Gasteiger partial charge in [-0.05, 0) is 37.0 Å². The van der Waals surface area contributed by atoms with Crippen molar-refractivity contribution in [1.29, 1.82) is 0 Å². The third-order valence-electron chi connectivity index (χ3n) is 4.79. The molecule has 0 bridgehead atoms. The molecule has 1 aromatic rings. The lowest BCUT2D eigenvalue weighted by molar-refractivity contribution is -0.127. The number of amides is 2. The van der Waals surface area contributed by atoms with Crippen molar-refractivity contribution in [2.45, 2.75) is 56.0 Å². The summed E-state index contributed by atoms with van der Waals surface area (Å²) >= 11 is 0.988. The Morgan fingerprint density at radius 1 is 1.16 bits per heavy atom. The van der Waals surface area contributed by atoms with Gasteiger partial charge in [-0.3, -0.25) is 14.5 Å². The van der Waals surface area contributed by atoms with E-state index < -0.39 is 22.1 Å². The number of rotatable bonds is 5. The van der Waals surface area contributed by atoms with Crippen LogP contribution in [-0.4, -0.2) is 42.3 Å². The van der Waals surface area contributed by atoms with Gasteiger partial charge in [-0.25, -0.2) is 13.1 Å². The summed E-state index contributed by atoms with van der Waals surface area (Å²) in [4.78, 5) is 25.5. The second-order valence-electron chi connectivity index (χ2n) is 6.40. The normalized spacial score (nSPS) is 24.8. The SMILES string of the molecule is CCc1ccc(S(=O)(=O)N[C@H]2CCCC[C@H]2N2C(=O)CSC2=O)cc1. The van der Waals surface area contributed by atoms with Crippen LogP contribution >= 0.6 is 11.8 Å². The zero-order valence-electron chi connectivity index (χ0n) is 14.1. The second-order valence-corrected chi connectivity index (χ2v) is 9.04. The van der Waals surface area contributed by atoms with Crippen molar-refractivity contribution >= 4 is 32.9 Å². The molecule has 2 fully saturated rings. The lowest BCUT2D eigenvalue weighted by Gasteiger charge is -2.36. The molecular weight excluding hydrogens is 360 g/mol. The highest BCUT2D eigenvalue weighted by molar-refractivity contribution is 8.14. The third-order valence-corrected chi connectivity index (χ3v) is 7.13. The molecule has 25 heavy (non-hydrogen) atoms. The minimum Gasteiger partial charge on any atom is -0.273 e. The Labute approximate surface area is 152 Å². The molecule has 2 amide bonds. The van der Waals surface area contributed by atoms with Gasteiger partial charge in [-0.1, -0.05) is 43.7 Å². The molecule has 1 aliphatic heterocycles. The van der Waals surface area contributed by atoms with Gasteiger partial charge in [0, 0.05) is 6.04 Å². The summed E-state index contributed by atoms with van der Waals surface area (Å²) in [5, 5.41) is -0.270. The number of nitrogens with zero attached hydrogens (tertiary/aromatic N) is 1. The fraction of sp³-hybridized carbons (Fsp3) is 0.529. The van der Waals surface area contributed by atoms with Crippen LogP contribution in [0.2, 0.25) is 0 Å². The molecule has 0 aromatic heterocycles. The molecule has 3 rings (SSSR count). The number of benzene rings is 1. The first-order valence-electron chi connectivity index (χ1n) is 8.52. The smallest absolute Gasteiger partial charge is 0.273 e. The average molecular weight is 383 g/mol. The monoisotopic (exact) mass is 382 g/mol. The lowest BCUT2D eigenvalue weighted by atomic mass is 9.90. The van der Waals surface area contributed by atoms with Crippen molar-refractivity contribution in [3.8, 4) is 0 Å². The van der Waals surface area contributed by atoms with Gasteiger partial charge in [0.2, 0.25) is 15.9 Å². The van der Waals surface area contributed by atoms with Crippen molar-refractivity contribution in [2.24, 2.45) is 0 Å². The Kier molecular flexibility index (Phi) is 5.50. The Morgan fingerprint density at radius 3 is 2.44 bits per heavy atom. The van der Waals surface area contributed by atoms with Gasteiger partial charge in [-0.15, -0.1) is 0 Å². The fourth-order valence-electron chi connectivity index (χ4n) is 3.41. The lowest BCUT2D eigenvalue weighted by Crippen LogP contribution is -2.54. The summed E-state index contributed by atoms with van der Waals surface area (Å²) in [7, 11) is -3.69. The Hall–Kier alpha value is -1.38. The summed E-state index contributed by atoms with van der Waals surface area (Å²) < 4.78 is 28.2. The average Bonchev–Trinajstić information content (AvgIpc) is 2.94. The van der Waals surface area contributed by atoms with Crippen LogP contribution in [0.4, 0.5) is 4.79 Å². The van der Waals surface area contributed by atoms with Gasteiger partial charge >= 0.3 is 0 Å². The number of hydrogen-bond acceptors (Lipinski definition) is 5. The first-order valence-corrected chi connectivity index (χ1v) is 11.0. The highest BCUT2D eigenvalue weighted by Crippen LogP contribution is 2.30. The minimum absolute atomic E-state index is 0.146. The highest BCUT2D eigenvalue weighted by Gasteiger charge is 2.41. The highest BCUT2D eigenvalue weighted by atomic mass is 32.2. The number of hydrogen-bond donors (Lipinski definition) is 1. The number of imide groups is 1. The summed E-state index contributed by atoms with van der Waals surface area (Å²) in [5.74, 6) is -0.0776. The first-order chi connectivity index (χ1) is 11.9. The predicted molar refractivity (Wildman–Crippen MR) is 96.9 cm³/mol. The Balaban J connectivity index is 1.80. The molecule has 1 aliphatic carbocycles. The van der Waals surface area contributed by atoms with Gasteiger partial charge < -0.3 is 0 Å². The molecule has 0 spiro atoms. The van der Waals surface area contributed by atoms with Crippen molar-refractivity contribution in [3.05, 3.63) is 29.8 Å². The number of aryl methyl sites for hydroxylation is 1. The van der Waals surface area contributed by atoms with E-state index in [0.717, 1.165) is 36.6 Å². The first kappa shape index (κ1) is 18.4. The molecule has 1 saturated heterocycles. The number of thioether (sulfide) groups is 1. The molecule has 1 heterocycles. The van der Waals surface area contributed by atoms with E-state index in [-0.39, 0.29) is 21.8 Å². The zero-order chi connectivity index (χ0) is 18.0. The van der Waals surface area contributed by atoms with E-state index in [0.29, 0.717) is 12.8 Å². The second kappa shape index (κ2) is 7.47. The van der Waals surface area contributed by atoms with Crippen molar-refractivity contribution in [2.75, 3.05) is 5.75 Å². The number of nitrogens with one attached hydrogen (secondary N) is 1. The van der Waals surface area contributed by atoms with E-state index in [1.807, 2.05) is 6.92 Å². The summed E-state index contributed by atoms with van der Waals surface area (Å²) in [6.45, 7) is 2.01. The molecule has 1 N–H and O–H groups in total. The predicted octanol–water partition coefficient (Wildman–Crippen LogP) is 2.53. The van der Waals surface area contributed by atoms with Gasteiger partial charge in [0.15, 0.2) is 0 Å². The van der Waals surface area contributed by atoms with Crippen LogP contribution < -0.4 is 4.72 Å². The van der Waals surface area contributed by atoms with E-state index in [1.165, 1.54) is 4.90 Å². The summed E-state index contributed by atoms with van der Waals surface area (Å²) in [6, 6.07) is 5.97. The molecule has 1 saturated carbocycles. The maximum Gasteiger partial charge on any atom is 0.289 e. The van der Waals surface area contributed by atoms with Crippen LogP contribution in [0.5, 0.6) is 0 Å². The molecule has 8 heteroatoms. The molecule has 136 valence electrons. The van der Waals surface area contributed by atoms with Crippen molar-refractivity contribution < 1.29 is 18.0 Å². The van der Waals surface area contributed by atoms with E-state index in [9.17, 15) is 18.0 Å². The Bertz CT molecular complexity index is 745. The molecule has 2 aliphatic rings. The van der Waals surface area contributed by atoms with Crippen LogP contribution in [0.15, 0.2) is 29.2 Å². The van der Waals surface area contributed by atoms with Gasteiger partial charge in [-0.2, -0.15) is 0 Å². The Morgan fingerprint density at radius 2 is 1.84 bits per heavy atom. The van der Waals surface area contributed by atoms with Gasteiger partial charge in [0.1, 0.15) is 0 Å². The summed E-state index contributed by atoms with van der Waals surface area (Å²) in [5.41, 5.74) is 1.07. The van der Waals surface area contributed by atoms with E-state index in [4.69, 9.17) is 0 Å². The van der Waals surface area contributed by atoms with Gasteiger partial charge in [0.25, 0.3) is 5.24 Å². The fourth-order valence-corrected chi connectivity index (χ4v) is 5.48. The van der Waals surface area contributed by atoms with Crippen LogP contribution in [-0.2, 0) is 21.2 Å². The maximum atomic E-state index is 12.7. The maximum absolute atomic E-state index is 12.7. The van der Waals surface area contributed by atoms with E-state index in [1.54, 1.807) is 24.3 Å². The molecule has 0 unspecified atom stereocenters. The standard InChI is InChI=1S/C17H22N2O4S2/c1-2-12-7-9-13(10-8-12)25(22,23)18-14-5-3-4-6-15(14)19-16(20)11-24-17(19)21/h7-10,14-15,18H,2-6,11H2,1H3/t14-,15+/m0/s1. The van der Waals surface area contributed by atoms with Crippen molar-refractivity contribution in [1.82, 2.24) is 9.62 Å². The third kappa shape index (κ3) is 3.91. The largest absolute Gasteiger partial charge is 0.289 e. The van der Waals surface area contributed by atoms with Crippen LogP contribution in [0.1, 0.15) is 38.2 Å². The molecule has 1 aromatic carbocycles. The van der Waals surface area contributed by atoms with Crippen LogP contribution in [0, 0.1) is 0 Å². The van der Waals surface area contributed by atoms with Crippen LogP contribution in [0.3, 0.4) is 0 Å². The molecule has 2 atom stereocenters. The minimum atomic E-state index is -3.69. The summed E-state index contributed by atoms with van der Waals surface area (Å²) in [6.07, 6.45) is 3.87.